The zero-order valence-electron chi connectivity index (χ0n) is 11.6. The fourth-order valence-electron chi connectivity index (χ4n) is 2.99. The van der Waals surface area contributed by atoms with E-state index >= 15 is 0 Å². The number of rotatable bonds is 5. The number of hydrogen-bond acceptors (Lipinski definition) is 3. The van der Waals surface area contributed by atoms with Crippen molar-refractivity contribution in [1.82, 2.24) is 4.90 Å². The molecule has 2 unspecified atom stereocenters. The highest BCUT2D eigenvalue weighted by Crippen LogP contribution is 2.35. The molecular formula is C15H23NOS. The van der Waals surface area contributed by atoms with Crippen LogP contribution in [-0.2, 0) is 11.2 Å². The van der Waals surface area contributed by atoms with Crippen molar-refractivity contribution in [3.63, 3.8) is 0 Å². The minimum Gasteiger partial charge on any atom is -0.303 e. The van der Waals surface area contributed by atoms with Gasteiger partial charge in [0.05, 0.1) is 0 Å². The molecule has 0 radical (unpaired) electrons. The van der Waals surface area contributed by atoms with Gasteiger partial charge in [0, 0.05) is 29.4 Å². The Labute approximate surface area is 114 Å². The number of carbonyl (C=O) groups excluding carboxylic acids is 1. The van der Waals surface area contributed by atoms with Gasteiger partial charge in [-0.15, -0.1) is 11.3 Å². The highest BCUT2D eigenvalue weighted by Gasteiger charge is 2.31. The normalized spacial score (nSPS) is 23.4. The quantitative estimate of drug-likeness (QED) is 0.757. The lowest BCUT2D eigenvalue weighted by molar-refractivity contribution is -0.117. The average molecular weight is 265 g/mol. The van der Waals surface area contributed by atoms with Crippen LogP contribution in [0.25, 0.3) is 0 Å². The molecule has 2 atom stereocenters. The molecule has 0 aromatic carbocycles. The van der Waals surface area contributed by atoms with E-state index in [0.717, 1.165) is 38.6 Å². The van der Waals surface area contributed by atoms with Crippen LogP contribution in [0, 0.1) is 5.41 Å². The summed E-state index contributed by atoms with van der Waals surface area (Å²) in [6.45, 7) is 8.49. The second-order valence-corrected chi connectivity index (χ2v) is 6.72. The van der Waals surface area contributed by atoms with Gasteiger partial charge in [0.1, 0.15) is 6.29 Å². The summed E-state index contributed by atoms with van der Waals surface area (Å²) in [5, 5.41) is 2.19. The summed E-state index contributed by atoms with van der Waals surface area (Å²) in [4.78, 5) is 15.4. The van der Waals surface area contributed by atoms with Crippen molar-refractivity contribution in [1.29, 1.82) is 0 Å². The Bertz CT molecular complexity index is 414. The first-order valence-electron chi connectivity index (χ1n) is 6.86. The van der Waals surface area contributed by atoms with Crippen molar-refractivity contribution in [2.45, 2.75) is 46.1 Å². The number of aldehydes is 1. The van der Waals surface area contributed by atoms with Gasteiger partial charge in [0.2, 0.25) is 0 Å². The fraction of sp³-hybridized carbons (Fsp3) is 0.667. The van der Waals surface area contributed by atoms with Crippen molar-refractivity contribution in [3.8, 4) is 0 Å². The minimum absolute atomic E-state index is 0.184. The number of thiophene rings is 1. The van der Waals surface area contributed by atoms with Crippen LogP contribution in [0.2, 0.25) is 0 Å². The monoisotopic (exact) mass is 265 g/mol. The van der Waals surface area contributed by atoms with Crippen LogP contribution in [-0.4, -0.2) is 24.3 Å². The smallest absolute Gasteiger partial charge is 0.127 e. The summed E-state index contributed by atoms with van der Waals surface area (Å²) in [6.07, 6.45) is 4.35. The van der Waals surface area contributed by atoms with Crippen LogP contribution >= 0.6 is 11.3 Å². The maximum Gasteiger partial charge on any atom is 0.127 e. The third-order valence-corrected chi connectivity index (χ3v) is 5.07. The van der Waals surface area contributed by atoms with Crippen molar-refractivity contribution >= 4 is 17.6 Å². The Morgan fingerprint density at radius 2 is 2.39 bits per heavy atom. The van der Waals surface area contributed by atoms with Gasteiger partial charge in [-0.25, -0.2) is 0 Å². The Morgan fingerprint density at radius 1 is 1.61 bits per heavy atom. The van der Waals surface area contributed by atoms with Crippen molar-refractivity contribution in [2.75, 3.05) is 13.1 Å². The molecule has 18 heavy (non-hydrogen) atoms. The Hall–Kier alpha value is -0.670. The second kappa shape index (κ2) is 5.54. The standard InChI is InChI=1S/C15H23NOS/c1-4-7-15(3,11-17)10-16-8-5-14-13(12(16)2)6-9-18-14/h6,9,11-12H,4-5,7-8,10H2,1-3H3. The van der Waals surface area contributed by atoms with Gasteiger partial charge in [0.25, 0.3) is 0 Å². The molecule has 1 aromatic rings. The fourth-order valence-corrected chi connectivity index (χ4v) is 3.95. The van der Waals surface area contributed by atoms with E-state index in [9.17, 15) is 4.79 Å². The first kappa shape index (κ1) is 13.8. The summed E-state index contributed by atoms with van der Waals surface area (Å²) in [7, 11) is 0. The predicted molar refractivity (Wildman–Crippen MR) is 77.1 cm³/mol. The molecule has 3 heteroatoms. The molecule has 1 aliphatic heterocycles. The maximum absolute atomic E-state index is 11.4. The number of fused-ring (bicyclic) bond motifs is 1. The number of hydrogen-bond donors (Lipinski definition) is 0. The molecule has 0 saturated carbocycles. The lowest BCUT2D eigenvalue weighted by Crippen LogP contribution is -2.41. The molecule has 1 aliphatic rings. The highest BCUT2D eigenvalue weighted by atomic mass is 32.1. The van der Waals surface area contributed by atoms with Crippen molar-refractivity contribution in [3.05, 3.63) is 21.9 Å². The second-order valence-electron chi connectivity index (χ2n) is 5.72. The summed E-state index contributed by atoms with van der Waals surface area (Å²) in [6, 6.07) is 2.70. The van der Waals surface area contributed by atoms with Crippen LogP contribution in [0.5, 0.6) is 0 Å². The molecule has 0 bridgehead atoms. The summed E-state index contributed by atoms with van der Waals surface area (Å²) >= 11 is 1.87. The van der Waals surface area contributed by atoms with Gasteiger partial charge in [-0.1, -0.05) is 20.3 Å². The van der Waals surface area contributed by atoms with Gasteiger partial charge >= 0.3 is 0 Å². The van der Waals surface area contributed by atoms with E-state index in [4.69, 9.17) is 0 Å². The van der Waals surface area contributed by atoms with Crippen molar-refractivity contribution < 1.29 is 4.79 Å². The molecule has 0 spiro atoms. The van der Waals surface area contributed by atoms with E-state index in [1.807, 2.05) is 11.3 Å². The molecular weight excluding hydrogens is 242 g/mol. The summed E-state index contributed by atoms with van der Waals surface area (Å²) in [5.74, 6) is 0. The zero-order chi connectivity index (χ0) is 13.2. The predicted octanol–water partition coefficient (Wildman–Crippen LogP) is 3.67. The van der Waals surface area contributed by atoms with Crippen LogP contribution in [0.4, 0.5) is 0 Å². The third kappa shape index (κ3) is 2.67. The van der Waals surface area contributed by atoms with E-state index in [2.05, 4.69) is 37.1 Å². The van der Waals surface area contributed by atoms with E-state index in [1.54, 1.807) is 0 Å². The van der Waals surface area contributed by atoms with Crippen LogP contribution in [0.1, 0.15) is 50.1 Å². The van der Waals surface area contributed by atoms with Gasteiger partial charge in [-0.05, 0) is 36.8 Å². The van der Waals surface area contributed by atoms with Crippen LogP contribution < -0.4 is 0 Å². The Balaban J connectivity index is 2.09. The molecule has 100 valence electrons. The summed E-state index contributed by atoms with van der Waals surface area (Å²) < 4.78 is 0. The average Bonchev–Trinajstić information content (AvgIpc) is 2.82. The lowest BCUT2D eigenvalue weighted by Gasteiger charge is -2.38. The molecule has 0 amide bonds. The van der Waals surface area contributed by atoms with Gasteiger partial charge in [0.15, 0.2) is 0 Å². The molecule has 2 heterocycles. The first-order valence-corrected chi connectivity index (χ1v) is 7.74. The Kier molecular flexibility index (Phi) is 4.23. The molecule has 2 rings (SSSR count). The molecule has 0 fully saturated rings. The summed E-state index contributed by atoms with van der Waals surface area (Å²) in [5.41, 5.74) is 1.28. The Morgan fingerprint density at radius 3 is 3.06 bits per heavy atom. The molecule has 2 nitrogen and oxygen atoms in total. The SMILES string of the molecule is CCCC(C)(C=O)CN1CCc2sccc2C1C. The van der Waals surface area contributed by atoms with Crippen LogP contribution in [0.3, 0.4) is 0 Å². The van der Waals surface area contributed by atoms with E-state index in [0.29, 0.717) is 6.04 Å². The van der Waals surface area contributed by atoms with Gasteiger partial charge in [-0.2, -0.15) is 0 Å². The van der Waals surface area contributed by atoms with Gasteiger partial charge in [-0.3, -0.25) is 4.90 Å². The molecule has 0 saturated heterocycles. The molecule has 0 aliphatic carbocycles. The number of nitrogens with zero attached hydrogens (tertiary/aromatic N) is 1. The maximum atomic E-state index is 11.4. The third-order valence-electron chi connectivity index (χ3n) is 4.07. The topological polar surface area (TPSA) is 20.3 Å². The van der Waals surface area contributed by atoms with E-state index in [-0.39, 0.29) is 5.41 Å². The largest absolute Gasteiger partial charge is 0.303 e. The highest BCUT2D eigenvalue weighted by molar-refractivity contribution is 7.10. The van der Waals surface area contributed by atoms with Crippen molar-refractivity contribution in [2.24, 2.45) is 5.41 Å². The number of carbonyl (C=O) groups is 1. The molecule has 0 N–H and O–H groups in total. The van der Waals surface area contributed by atoms with E-state index < -0.39 is 0 Å². The van der Waals surface area contributed by atoms with Gasteiger partial charge < -0.3 is 4.79 Å². The molecule has 1 aromatic heterocycles. The minimum atomic E-state index is -0.184. The van der Waals surface area contributed by atoms with Crippen LogP contribution in [0.15, 0.2) is 11.4 Å². The van der Waals surface area contributed by atoms with E-state index in [1.165, 1.54) is 10.4 Å². The lowest BCUT2D eigenvalue weighted by atomic mass is 9.85. The first-order chi connectivity index (χ1) is 8.59. The zero-order valence-corrected chi connectivity index (χ0v) is 12.4.